The molecule has 1 aromatic rings. The minimum absolute atomic E-state index is 0.0403. The summed E-state index contributed by atoms with van der Waals surface area (Å²) in [6.07, 6.45) is 0. The smallest absolute Gasteiger partial charge is 0.119 e. The molecule has 102 valence electrons. The van der Waals surface area contributed by atoms with Crippen molar-refractivity contribution in [2.75, 3.05) is 26.9 Å². The van der Waals surface area contributed by atoms with Gasteiger partial charge in [-0.25, -0.2) is 0 Å². The van der Waals surface area contributed by atoms with Gasteiger partial charge >= 0.3 is 0 Å². The zero-order valence-corrected chi connectivity index (χ0v) is 11.3. The third kappa shape index (κ3) is 3.98. The van der Waals surface area contributed by atoms with Gasteiger partial charge in [0.15, 0.2) is 0 Å². The van der Waals surface area contributed by atoms with Crippen LogP contribution in [-0.4, -0.2) is 37.1 Å². The molecular formula is C14H23NO3. The molecule has 18 heavy (non-hydrogen) atoms. The summed E-state index contributed by atoms with van der Waals surface area (Å²) >= 11 is 0. The van der Waals surface area contributed by atoms with Crippen molar-refractivity contribution < 1.29 is 14.9 Å². The molecule has 3 N–H and O–H groups in total. The Kier molecular flexibility index (Phi) is 5.59. The van der Waals surface area contributed by atoms with E-state index in [4.69, 9.17) is 4.74 Å². The van der Waals surface area contributed by atoms with Gasteiger partial charge in [0.25, 0.3) is 0 Å². The first-order chi connectivity index (χ1) is 8.54. The van der Waals surface area contributed by atoms with Gasteiger partial charge in [0.05, 0.1) is 20.3 Å². The van der Waals surface area contributed by atoms with Crippen LogP contribution >= 0.6 is 0 Å². The molecule has 0 amide bonds. The second kappa shape index (κ2) is 6.73. The van der Waals surface area contributed by atoms with Crippen LogP contribution in [0.25, 0.3) is 0 Å². The Balaban J connectivity index is 2.62. The van der Waals surface area contributed by atoms with E-state index in [1.54, 1.807) is 7.11 Å². The molecule has 0 heterocycles. The van der Waals surface area contributed by atoms with Crippen LogP contribution < -0.4 is 10.1 Å². The Bertz CT molecular complexity index is 364. The zero-order valence-electron chi connectivity index (χ0n) is 11.3. The van der Waals surface area contributed by atoms with Gasteiger partial charge in [0.2, 0.25) is 0 Å². The van der Waals surface area contributed by atoms with E-state index < -0.39 is 5.41 Å². The topological polar surface area (TPSA) is 61.7 Å². The molecule has 0 aliphatic heterocycles. The van der Waals surface area contributed by atoms with Crippen LogP contribution in [0.3, 0.4) is 0 Å². The monoisotopic (exact) mass is 253 g/mol. The van der Waals surface area contributed by atoms with Crippen molar-refractivity contribution in [3.05, 3.63) is 29.8 Å². The second-order valence-electron chi connectivity index (χ2n) is 5.01. The van der Waals surface area contributed by atoms with Crippen molar-refractivity contribution in [1.82, 2.24) is 5.32 Å². The summed E-state index contributed by atoms with van der Waals surface area (Å²) in [6, 6.07) is 7.99. The van der Waals surface area contributed by atoms with Crippen LogP contribution in [0, 0.1) is 5.41 Å². The first kappa shape index (κ1) is 15.0. The number of ether oxygens (including phenoxy) is 1. The lowest BCUT2D eigenvalue weighted by atomic mass is 9.92. The summed E-state index contributed by atoms with van der Waals surface area (Å²) in [5, 5.41) is 21.8. The Hall–Kier alpha value is -1.10. The van der Waals surface area contributed by atoms with E-state index in [1.165, 1.54) is 0 Å². The Labute approximate surface area is 109 Å². The molecule has 1 aromatic carbocycles. The minimum Gasteiger partial charge on any atom is -0.497 e. The maximum atomic E-state index is 9.23. The lowest BCUT2D eigenvalue weighted by molar-refractivity contribution is 0.0677. The summed E-state index contributed by atoms with van der Waals surface area (Å²) in [6.45, 7) is 4.36. The van der Waals surface area contributed by atoms with E-state index in [0.29, 0.717) is 6.54 Å². The Morgan fingerprint density at radius 3 is 2.56 bits per heavy atom. The van der Waals surface area contributed by atoms with E-state index in [9.17, 15) is 10.2 Å². The number of methoxy groups -OCH3 is 1. The Morgan fingerprint density at radius 2 is 2.00 bits per heavy atom. The van der Waals surface area contributed by atoms with Crippen molar-refractivity contribution >= 4 is 0 Å². The third-order valence-corrected chi connectivity index (χ3v) is 3.19. The largest absolute Gasteiger partial charge is 0.497 e. The maximum absolute atomic E-state index is 9.23. The number of hydrogen-bond acceptors (Lipinski definition) is 4. The quantitative estimate of drug-likeness (QED) is 0.686. The standard InChI is InChI=1S/C14H23NO3/c1-11(15-8-14(2,9-16)10-17)12-5-4-6-13(7-12)18-3/h4-7,11,15-17H,8-10H2,1-3H3/t11-/m1/s1. The van der Waals surface area contributed by atoms with E-state index in [0.717, 1.165) is 11.3 Å². The summed E-state index contributed by atoms with van der Waals surface area (Å²) in [5.74, 6) is 0.827. The second-order valence-corrected chi connectivity index (χ2v) is 5.01. The lowest BCUT2D eigenvalue weighted by Gasteiger charge is -2.27. The lowest BCUT2D eigenvalue weighted by Crippen LogP contribution is -2.38. The van der Waals surface area contributed by atoms with Crippen LogP contribution in [0.15, 0.2) is 24.3 Å². The van der Waals surface area contributed by atoms with Crippen LogP contribution in [0.2, 0.25) is 0 Å². The molecule has 1 rings (SSSR count). The average molecular weight is 253 g/mol. The van der Waals surface area contributed by atoms with Gasteiger partial charge < -0.3 is 20.3 Å². The highest BCUT2D eigenvalue weighted by Gasteiger charge is 2.23. The van der Waals surface area contributed by atoms with Gasteiger partial charge in [0.1, 0.15) is 5.75 Å². The van der Waals surface area contributed by atoms with Crippen LogP contribution in [0.4, 0.5) is 0 Å². The van der Waals surface area contributed by atoms with Gasteiger partial charge in [0, 0.05) is 18.0 Å². The fourth-order valence-electron chi connectivity index (χ4n) is 1.59. The van der Waals surface area contributed by atoms with E-state index in [-0.39, 0.29) is 19.3 Å². The number of hydrogen-bond donors (Lipinski definition) is 3. The number of nitrogens with one attached hydrogen (secondary N) is 1. The fourth-order valence-corrected chi connectivity index (χ4v) is 1.59. The molecule has 4 heteroatoms. The summed E-state index contributed by atoms with van der Waals surface area (Å²) < 4.78 is 5.18. The fraction of sp³-hybridized carbons (Fsp3) is 0.571. The van der Waals surface area contributed by atoms with E-state index >= 15 is 0 Å². The van der Waals surface area contributed by atoms with Crippen LogP contribution in [0.5, 0.6) is 5.75 Å². The Morgan fingerprint density at radius 1 is 1.33 bits per heavy atom. The third-order valence-electron chi connectivity index (χ3n) is 3.19. The predicted octanol–water partition coefficient (Wildman–Crippen LogP) is 1.34. The molecule has 0 aromatic heterocycles. The molecular weight excluding hydrogens is 230 g/mol. The molecule has 0 saturated carbocycles. The minimum atomic E-state index is -0.493. The predicted molar refractivity (Wildman–Crippen MR) is 71.7 cm³/mol. The molecule has 0 aliphatic carbocycles. The van der Waals surface area contributed by atoms with Crippen molar-refractivity contribution in [2.24, 2.45) is 5.41 Å². The highest BCUT2D eigenvalue weighted by atomic mass is 16.5. The normalized spacial score (nSPS) is 13.4. The molecule has 0 unspecified atom stereocenters. The zero-order chi connectivity index (χ0) is 13.6. The summed E-state index contributed by atoms with van der Waals surface area (Å²) in [7, 11) is 1.64. The first-order valence-electron chi connectivity index (χ1n) is 6.14. The van der Waals surface area contributed by atoms with Crippen LogP contribution in [-0.2, 0) is 0 Å². The SMILES string of the molecule is COc1cccc([C@@H](C)NCC(C)(CO)CO)c1. The molecule has 0 spiro atoms. The number of benzene rings is 1. The first-order valence-corrected chi connectivity index (χ1v) is 6.14. The highest BCUT2D eigenvalue weighted by molar-refractivity contribution is 5.30. The van der Waals surface area contributed by atoms with Gasteiger partial charge in [-0.3, -0.25) is 0 Å². The summed E-state index contributed by atoms with van der Waals surface area (Å²) in [5.41, 5.74) is 0.625. The van der Waals surface area contributed by atoms with Crippen molar-refractivity contribution in [1.29, 1.82) is 0 Å². The van der Waals surface area contributed by atoms with E-state index in [2.05, 4.69) is 5.32 Å². The molecule has 1 atom stereocenters. The number of aliphatic hydroxyl groups excluding tert-OH is 2. The van der Waals surface area contributed by atoms with Gasteiger partial charge in [-0.05, 0) is 24.6 Å². The number of aliphatic hydroxyl groups is 2. The molecule has 0 aliphatic rings. The average Bonchev–Trinajstić information content (AvgIpc) is 2.44. The molecule has 0 radical (unpaired) electrons. The highest BCUT2D eigenvalue weighted by Crippen LogP contribution is 2.20. The van der Waals surface area contributed by atoms with Crippen molar-refractivity contribution in [2.45, 2.75) is 19.9 Å². The van der Waals surface area contributed by atoms with Crippen molar-refractivity contribution in [3.63, 3.8) is 0 Å². The molecule has 0 saturated heterocycles. The number of rotatable bonds is 7. The van der Waals surface area contributed by atoms with Gasteiger partial charge in [-0.1, -0.05) is 19.1 Å². The maximum Gasteiger partial charge on any atom is 0.119 e. The molecule has 0 bridgehead atoms. The van der Waals surface area contributed by atoms with E-state index in [1.807, 2.05) is 38.1 Å². The molecule has 4 nitrogen and oxygen atoms in total. The van der Waals surface area contributed by atoms with Crippen LogP contribution in [0.1, 0.15) is 25.5 Å². The van der Waals surface area contributed by atoms with Gasteiger partial charge in [-0.2, -0.15) is 0 Å². The molecule has 0 fully saturated rings. The summed E-state index contributed by atoms with van der Waals surface area (Å²) in [4.78, 5) is 0. The van der Waals surface area contributed by atoms with Crippen molar-refractivity contribution in [3.8, 4) is 5.75 Å². The van der Waals surface area contributed by atoms with Gasteiger partial charge in [-0.15, -0.1) is 0 Å².